The molecule has 0 spiro atoms. The molecule has 1 atom stereocenters. The Bertz CT molecular complexity index is 285. The first-order chi connectivity index (χ1) is 6.53. The Balaban J connectivity index is 2.50. The van der Waals surface area contributed by atoms with Crippen molar-refractivity contribution in [3.8, 4) is 5.75 Å². The lowest BCUT2D eigenvalue weighted by Gasteiger charge is -2.21. The average Bonchev–Trinajstić information content (AvgIpc) is 2.17. The molecule has 3 N–H and O–H groups in total. The zero-order valence-corrected chi connectivity index (χ0v) is 9.62. The largest absolute Gasteiger partial charge is 0.491 e. The molecule has 0 fully saturated rings. The fourth-order valence-corrected chi connectivity index (χ4v) is 1.09. The highest BCUT2D eigenvalue weighted by Crippen LogP contribution is 2.17. The van der Waals surface area contributed by atoms with Gasteiger partial charge in [0, 0.05) is 11.0 Å². The molecular formula is C10H14BrNO2. The number of hydrogen-bond acceptors (Lipinski definition) is 3. The van der Waals surface area contributed by atoms with Gasteiger partial charge in [-0.25, -0.2) is 0 Å². The summed E-state index contributed by atoms with van der Waals surface area (Å²) in [5.74, 6) is 0.724. The van der Waals surface area contributed by atoms with Gasteiger partial charge in [-0.05, 0) is 31.2 Å². The minimum absolute atomic E-state index is 0.184. The van der Waals surface area contributed by atoms with Crippen LogP contribution < -0.4 is 10.5 Å². The van der Waals surface area contributed by atoms with Crippen LogP contribution in [0.3, 0.4) is 0 Å². The summed E-state index contributed by atoms with van der Waals surface area (Å²) in [4.78, 5) is 0. The zero-order valence-electron chi connectivity index (χ0n) is 8.03. The van der Waals surface area contributed by atoms with Crippen LogP contribution in [-0.4, -0.2) is 23.9 Å². The fraction of sp³-hybridized carbons (Fsp3) is 0.400. The zero-order chi connectivity index (χ0) is 10.6. The fourth-order valence-electron chi connectivity index (χ4n) is 0.829. The second-order valence-corrected chi connectivity index (χ2v) is 4.36. The van der Waals surface area contributed by atoms with Gasteiger partial charge in [0.2, 0.25) is 0 Å². The number of halogens is 1. The van der Waals surface area contributed by atoms with Crippen LogP contribution >= 0.6 is 15.9 Å². The Kier molecular flexibility index (Phi) is 3.92. The van der Waals surface area contributed by atoms with Crippen molar-refractivity contribution >= 4 is 15.9 Å². The maximum absolute atomic E-state index is 9.58. The molecule has 1 unspecified atom stereocenters. The monoisotopic (exact) mass is 259 g/mol. The Hall–Kier alpha value is -0.580. The van der Waals surface area contributed by atoms with Crippen LogP contribution in [0, 0.1) is 0 Å². The molecule has 1 aromatic rings. The second-order valence-electron chi connectivity index (χ2n) is 3.44. The average molecular weight is 260 g/mol. The van der Waals surface area contributed by atoms with Crippen molar-refractivity contribution in [2.24, 2.45) is 5.73 Å². The summed E-state index contributed by atoms with van der Waals surface area (Å²) in [6.07, 6.45) is 0. The lowest BCUT2D eigenvalue weighted by molar-refractivity contribution is 0.0196. The van der Waals surface area contributed by atoms with E-state index in [0.717, 1.165) is 10.2 Å². The van der Waals surface area contributed by atoms with Crippen molar-refractivity contribution in [2.45, 2.75) is 12.5 Å². The predicted octanol–water partition coefficient (Wildman–Crippen LogP) is 1.54. The molecule has 78 valence electrons. The molecule has 0 saturated carbocycles. The van der Waals surface area contributed by atoms with Crippen LogP contribution in [0.15, 0.2) is 28.7 Å². The molecule has 0 heterocycles. The van der Waals surface area contributed by atoms with E-state index in [4.69, 9.17) is 10.5 Å². The normalized spacial score (nSPS) is 14.9. The standard InChI is InChI=1S/C10H14BrNO2/c1-10(13,6-12)7-14-9-4-2-8(11)3-5-9/h2-5,13H,6-7,12H2,1H3. The molecule has 1 rings (SSSR count). The van der Waals surface area contributed by atoms with Crippen LogP contribution in [0.2, 0.25) is 0 Å². The number of nitrogens with two attached hydrogens (primary N) is 1. The van der Waals surface area contributed by atoms with Crippen molar-refractivity contribution in [3.05, 3.63) is 28.7 Å². The van der Waals surface area contributed by atoms with Gasteiger partial charge in [0.05, 0.1) is 0 Å². The Morgan fingerprint density at radius 2 is 2.00 bits per heavy atom. The predicted molar refractivity (Wildman–Crippen MR) is 59.3 cm³/mol. The van der Waals surface area contributed by atoms with E-state index in [1.807, 2.05) is 24.3 Å². The molecular weight excluding hydrogens is 246 g/mol. The Labute approximate surface area is 92.0 Å². The van der Waals surface area contributed by atoms with Crippen molar-refractivity contribution in [1.29, 1.82) is 0 Å². The molecule has 0 aliphatic rings. The molecule has 0 aromatic heterocycles. The van der Waals surface area contributed by atoms with E-state index in [1.54, 1.807) is 6.92 Å². The summed E-state index contributed by atoms with van der Waals surface area (Å²) in [5, 5.41) is 9.58. The summed E-state index contributed by atoms with van der Waals surface area (Å²) in [6.45, 7) is 2.03. The van der Waals surface area contributed by atoms with E-state index in [1.165, 1.54) is 0 Å². The maximum Gasteiger partial charge on any atom is 0.119 e. The van der Waals surface area contributed by atoms with Gasteiger partial charge in [-0.2, -0.15) is 0 Å². The molecule has 0 bridgehead atoms. The van der Waals surface area contributed by atoms with Gasteiger partial charge in [-0.15, -0.1) is 0 Å². The number of ether oxygens (including phenoxy) is 1. The van der Waals surface area contributed by atoms with Gasteiger partial charge < -0.3 is 15.6 Å². The van der Waals surface area contributed by atoms with Crippen LogP contribution in [-0.2, 0) is 0 Å². The first kappa shape index (κ1) is 11.5. The van der Waals surface area contributed by atoms with E-state index in [9.17, 15) is 5.11 Å². The molecule has 14 heavy (non-hydrogen) atoms. The second kappa shape index (κ2) is 4.77. The molecule has 1 aromatic carbocycles. The van der Waals surface area contributed by atoms with Crippen LogP contribution in [0.5, 0.6) is 5.75 Å². The molecule has 0 saturated heterocycles. The lowest BCUT2D eigenvalue weighted by Crippen LogP contribution is -2.40. The summed E-state index contributed by atoms with van der Waals surface area (Å²) in [5.41, 5.74) is 4.39. The number of hydrogen-bond donors (Lipinski definition) is 2. The lowest BCUT2D eigenvalue weighted by atomic mass is 10.1. The molecule has 0 amide bonds. The van der Waals surface area contributed by atoms with E-state index in [-0.39, 0.29) is 13.2 Å². The third-order valence-electron chi connectivity index (χ3n) is 1.80. The van der Waals surface area contributed by atoms with Crippen LogP contribution in [0.4, 0.5) is 0 Å². The van der Waals surface area contributed by atoms with Gasteiger partial charge in [0.1, 0.15) is 18.0 Å². The van der Waals surface area contributed by atoms with Crippen molar-refractivity contribution in [3.63, 3.8) is 0 Å². The summed E-state index contributed by atoms with van der Waals surface area (Å²) >= 11 is 3.32. The Morgan fingerprint density at radius 1 is 1.43 bits per heavy atom. The van der Waals surface area contributed by atoms with Gasteiger partial charge in [0.25, 0.3) is 0 Å². The van der Waals surface area contributed by atoms with Gasteiger partial charge >= 0.3 is 0 Å². The highest BCUT2D eigenvalue weighted by atomic mass is 79.9. The van der Waals surface area contributed by atoms with Gasteiger partial charge in [0.15, 0.2) is 0 Å². The molecule has 0 aliphatic heterocycles. The first-order valence-electron chi connectivity index (χ1n) is 4.34. The van der Waals surface area contributed by atoms with E-state index in [2.05, 4.69) is 15.9 Å². The van der Waals surface area contributed by atoms with Crippen LogP contribution in [0.25, 0.3) is 0 Å². The highest BCUT2D eigenvalue weighted by Gasteiger charge is 2.18. The third-order valence-corrected chi connectivity index (χ3v) is 2.33. The third kappa shape index (κ3) is 3.65. The van der Waals surface area contributed by atoms with Gasteiger partial charge in [-0.3, -0.25) is 0 Å². The topological polar surface area (TPSA) is 55.5 Å². The SMILES string of the molecule is CC(O)(CN)COc1ccc(Br)cc1. The van der Waals surface area contributed by atoms with E-state index < -0.39 is 5.60 Å². The molecule has 3 nitrogen and oxygen atoms in total. The van der Waals surface area contributed by atoms with Crippen molar-refractivity contribution in [2.75, 3.05) is 13.2 Å². The smallest absolute Gasteiger partial charge is 0.119 e. The quantitative estimate of drug-likeness (QED) is 0.863. The minimum atomic E-state index is -0.965. The van der Waals surface area contributed by atoms with Crippen molar-refractivity contribution in [1.82, 2.24) is 0 Å². The van der Waals surface area contributed by atoms with Crippen molar-refractivity contribution < 1.29 is 9.84 Å². The van der Waals surface area contributed by atoms with E-state index in [0.29, 0.717) is 0 Å². The van der Waals surface area contributed by atoms with E-state index >= 15 is 0 Å². The maximum atomic E-state index is 9.58. The number of benzene rings is 1. The summed E-state index contributed by atoms with van der Waals surface area (Å²) in [6, 6.07) is 7.42. The number of rotatable bonds is 4. The number of aliphatic hydroxyl groups is 1. The van der Waals surface area contributed by atoms with Gasteiger partial charge in [-0.1, -0.05) is 15.9 Å². The first-order valence-corrected chi connectivity index (χ1v) is 5.14. The summed E-state index contributed by atoms with van der Waals surface area (Å²) < 4.78 is 6.36. The van der Waals surface area contributed by atoms with Crippen LogP contribution in [0.1, 0.15) is 6.92 Å². The molecule has 0 radical (unpaired) electrons. The highest BCUT2D eigenvalue weighted by molar-refractivity contribution is 9.10. The Morgan fingerprint density at radius 3 is 2.50 bits per heavy atom. The molecule has 4 heteroatoms. The summed E-state index contributed by atoms with van der Waals surface area (Å²) in [7, 11) is 0. The minimum Gasteiger partial charge on any atom is -0.491 e. The molecule has 0 aliphatic carbocycles.